The van der Waals surface area contributed by atoms with Crippen LogP contribution in [0.3, 0.4) is 0 Å². The molecule has 6 nitrogen and oxygen atoms in total. The van der Waals surface area contributed by atoms with Gasteiger partial charge in [-0.1, -0.05) is 334 Å². The molecule has 1 heterocycles. The van der Waals surface area contributed by atoms with E-state index in [-0.39, 0.29) is 19.6 Å². The van der Waals surface area contributed by atoms with Gasteiger partial charge in [-0.15, -0.1) is 0 Å². The molecule has 1 atom stereocenters. The van der Waals surface area contributed by atoms with Crippen LogP contribution in [-0.2, 0) is 19.1 Å². The van der Waals surface area contributed by atoms with Gasteiger partial charge in [0, 0.05) is 0 Å². The molecule has 1 saturated heterocycles. The van der Waals surface area contributed by atoms with Crippen molar-refractivity contribution in [1.29, 1.82) is 0 Å². The van der Waals surface area contributed by atoms with Crippen LogP contribution in [0, 0.1) is 11.3 Å². The number of esters is 2. The zero-order valence-corrected chi connectivity index (χ0v) is 48.5. The second-order valence-corrected chi connectivity index (χ2v) is 23.5. The predicted octanol–water partition coefficient (Wildman–Crippen LogP) is 20.7. The molecule has 0 aromatic heterocycles. The monoisotopic (exact) mass is 1010 g/mol. The Labute approximate surface area is 449 Å². The summed E-state index contributed by atoms with van der Waals surface area (Å²) in [7, 11) is 0. The molecule has 72 heavy (non-hydrogen) atoms. The molecule has 0 amide bonds. The number of carbonyl (C=O) groups is 2. The van der Waals surface area contributed by atoms with Crippen molar-refractivity contribution in [3.63, 3.8) is 0 Å². The van der Waals surface area contributed by atoms with Crippen molar-refractivity contribution < 1.29 is 29.3 Å². The molecule has 2 N–H and O–H groups in total. The topological polar surface area (TPSA) is 93.1 Å². The van der Waals surface area contributed by atoms with E-state index in [9.17, 15) is 19.8 Å². The van der Waals surface area contributed by atoms with Crippen molar-refractivity contribution in [3.8, 4) is 0 Å². The van der Waals surface area contributed by atoms with Crippen LogP contribution in [0.1, 0.15) is 360 Å². The first-order valence-corrected chi connectivity index (χ1v) is 32.8. The lowest BCUT2D eigenvalue weighted by Gasteiger charge is -2.27. The van der Waals surface area contributed by atoms with Crippen molar-refractivity contribution in [3.05, 3.63) is 12.2 Å². The molecular formula is C66H126O6. The van der Waals surface area contributed by atoms with Crippen molar-refractivity contribution in [2.45, 2.75) is 360 Å². The van der Waals surface area contributed by atoms with E-state index < -0.39 is 36.5 Å². The van der Waals surface area contributed by atoms with E-state index in [1.54, 1.807) is 0 Å². The minimum atomic E-state index is -1.12. The summed E-state index contributed by atoms with van der Waals surface area (Å²) >= 11 is 0. The second-order valence-electron chi connectivity index (χ2n) is 23.5. The third-order valence-electron chi connectivity index (χ3n) is 16.3. The Balaban J connectivity index is 1.67. The Morgan fingerprint density at radius 3 is 0.861 bits per heavy atom. The quantitative estimate of drug-likeness (QED) is 0.0358. The molecule has 0 radical (unpaired) electrons. The number of hydrogen-bond acceptors (Lipinski definition) is 6. The minimum absolute atomic E-state index is 0.00523. The van der Waals surface area contributed by atoms with E-state index in [1.165, 1.54) is 321 Å². The van der Waals surface area contributed by atoms with Gasteiger partial charge in [0.15, 0.2) is 0 Å². The Hall–Kier alpha value is -1.40. The van der Waals surface area contributed by atoms with Gasteiger partial charge in [-0.25, -0.2) is 0 Å². The van der Waals surface area contributed by atoms with Gasteiger partial charge in [-0.05, 0) is 32.1 Å². The van der Waals surface area contributed by atoms with Crippen LogP contribution in [0.15, 0.2) is 12.2 Å². The normalized spacial score (nSPS) is 15.2. The van der Waals surface area contributed by atoms with Crippen LogP contribution in [0.5, 0.6) is 0 Å². The Kier molecular flexibility index (Phi) is 53.2. The van der Waals surface area contributed by atoms with Gasteiger partial charge in [0.05, 0.1) is 31.0 Å². The van der Waals surface area contributed by atoms with Gasteiger partial charge in [-0.2, -0.15) is 0 Å². The molecule has 1 aliphatic rings. The van der Waals surface area contributed by atoms with Gasteiger partial charge in [0.1, 0.15) is 13.2 Å². The SMILES string of the molecule is CCCCC/C=C/CCCCCCCCCCCCCCCCCCCCCCCCCCCCCCCCCCCCCCCCCCCCCCCCCCC1CC(=O)OCC(CO)(CO)COC1=O. The first-order chi connectivity index (χ1) is 35.6. The molecule has 0 saturated carbocycles. The average molecular weight is 1020 g/mol. The number of carbonyl (C=O) groups excluding carboxylic acids is 2. The summed E-state index contributed by atoms with van der Waals surface area (Å²) in [6, 6.07) is 0. The number of unbranched alkanes of at least 4 members (excludes halogenated alkanes) is 51. The number of allylic oxidation sites excluding steroid dienone is 2. The summed E-state index contributed by atoms with van der Waals surface area (Å²) in [4.78, 5) is 24.7. The van der Waals surface area contributed by atoms with E-state index in [0.717, 1.165) is 19.3 Å². The first-order valence-electron chi connectivity index (χ1n) is 32.8. The maximum Gasteiger partial charge on any atom is 0.309 e. The van der Waals surface area contributed by atoms with E-state index in [4.69, 9.17) is 9.47 Å². The van der Waals surface area contributed by atoms with E-state index in [2.05, 4.69) is 19.1 Å². The van der Waals surface area contributed by atoms with Crippen LogP contribution in [-0.4, -0.2) is 48.6 Å². The summed E-state index contributed by atoms with van der Waals surface area (Å²) < 4.78 is 10.6. The fourth-order valence-corrected chi connectivity index (χ4v) is 10.9. The number of aliphatic hydroxyl groups excluding tert-OH is 2. The first kappa shape index (κ1) is 68.6. The second kappa shape index (κ2) is 55.8. The standard InChI is InChI=1S/C66H126O6/c1-2-3-4-5-6-7-8-9-10-11-12-13-14-15-16-17-18-19-20-21-22-23-24-25-26-27-28-29-30-31-32-33-34-35-36-37-38-39-40-41-42-43-44-45-46-47-48-49-50-51-52-53-54-55-56-57-63-58-64(69)71-61-66(59-67,60-68)62-72-65(63)70/h6-7,63,67-68H,2-5,8-62H2,1H3/b7-6+. The van der Waals surface area contributed by atoms with E-state index in [1.807, 2.05) is 0 Å². The number of rotatable bonds is 57. The van der Waals surface area contributed by atoms with Gasteiger partial charge < -0.3 is 19.7 Å². The number of ether oxygens (including phenoxy) is 2. The van der Waals surface area contributed by atoms with Crippen LogP contribution in [0.25, 0.3) is 0 Å². The zero-order valence-electron chi connectivity index (χ0n) is 48.5. The lowest BCUT2D eigenvalue weighted by molar-refractivity contribution is -0.155. The summed E-state index contributed by atoms with van der Waals surface area (Å²) in [6.07, 6.45) is 80.2. The molecule has 1 unspecified atom stereocenters. The fourth-order valence-electron chi connectivity index (χ4n) is 10.9. The maximum atomic E-state index is 12.5. The molecule has 426 valence electrons. The Morgan fingerprint density at radius 2 is 0.597 bits per heavy atom. The Bertz CT molecular complexity index is 1130. The Morgan fingerprint density at radius 1 is 0.361 bits per heavy atom. The van der Waals surface area contributed by atoms with Crippen molar-refractivity contribution in [1.82, 2.24) is 0 Å². The highest BCUT2D eigenvalue weighted by molar-refractivity contribution is 5.80. The molecule has 0 bridgehead atoms. The van der Waals surface area contributed by atoms with E-state index >= 15 is 0 Å². The molecule has 0 aromatic rings. The predicted molar refractivity (Wildman–Crippen MR) is 311 cm³/mol. The third-order valence-corrected chi connectivity index (χ3v) is 16.3. The zero-order chi connectivity index (χ0) is 51.8. The van der Waals surface area contributed by atoms with Crippen molar-refractivity contribution >= 4 is 11.9 Å². The summed E-state index contributed by atoms with van der Waals surface area (Å²) in [5.41, 5.74) is -1.12. The highest BCUT2D eigenvalue weighted by Crippen LogP contribution is 2.25. The molecular weight excluding hydrogens is 889 g/mol. The third kappa shape index (κ3) is 47.1. The lowest BCUT2D eigenvalue weighted by Crippen LogP contribution is -2.40. The highest BCUT2D eigenvalue weighted by Gasteiger charge is 2.36. The fraction of sp³-hybridized carbons (Fsp3) is 0.939. The van der Waals surface area contributed by atoms with Crippen LogP contribution >= 0.6 is 0 Å². The van der Waals surface area contributed by atoms with Crippen LogP contribution < -0.4 is 0 Å². The summed E-state index contributed by atoms with van der Waals surface area (Å²) in [5, 5.41) is 19.2. The van der Waals surface area contributed by atoms with Gasteiger partial charge >= 0.3 is 11.9 Å². The molecule has 0 aliphatic carbocycles. The number of cyclic esters (lactones) is 2. The van der Waals surface area contributed by atoms with Crippen LogP contribution in [0.2, 0.25) is 0 Å². The minimum Gasteiger partial charge on any atom is -0.465 e. The molecule has 1 aliphatic heterocycles. The maximum absolute atomic E-state index is 12.5. The van der Waals surface area contributed by atoms with Gasteiger partial charge in [-0.3, -0.25) is 9.59 Å². The number of aliphatic hydroxyl groups is 2. The largest absolute Gasteiger partial charge is 0.465 e. The smallest absolute Gasteiger partial charge is 0.309 e. The van der Waals surface area contributed by atoms with Gasteiger partial charge in [0.25, 0.3) is 0 Å². The summed E-state index contributed by atoms with van der Waals surface area (Å²) in [5.74, 6) is -1.40. The van der Waals surface area contributed by atoms with Gasteiger partial charge in [0.2, 0.25) is 0 Å². The molecule has 1 fully saturated rings. The van der Waals surface area contributed by atoms with Crippen molar-refractivity contribution in [2.75, 3.05) is 26.4 Å². The molecule has 0 spiro atoms. The van der Waals surface area contributed by atoms with Crippen LogP contribution in [0.4, 0.5) is 0 Å². The molecule has 1 rings (SSSR count). The average Bonchev–Trinajstić information content (AvgIpc) is 3.45. The van der Waals surface area contributed by atoms with Crippen molar-refractivity contribution in [2.24, 2.45) is 11.3 Å². The highest BCUT2D eigenvalue weighted by atomic mass is 16.6. The van der Waals surface area contributed by atoms with E-state index in [0.29, 0.717) is 6.42 Å². The number of hydrogen-bond donors (Lipinski definition) is 2. The molecule has 0 aromatic carbocycles. The lowest BCUT2D eigenvalue weighted by atomic mass is 9.92. The summed E-state index contributed by atoms with van der Waals surface area (Å²) in [6.45, 7) is 1.19. The molecule has 6 heteroatoms.